The Bertz CT molecular complexity index is 574. The summed E-state index contributed by atoms with van der Waals surface area (Å²) in [7, 11) is 0. The molecule has 0 saturated carbocycles. The fraction of sp³-hybridized carbons (Fsp3) is 0.857. The molecule has 15 heteroatoms. The molecule has 0 bridgehead atoms. The van der Waals surface area contributed by atoms with E-state index < -0.39 is 18.3 Å². The molecule has 1 rings (SSSR count). The van der Waals surface area contributed by atoms with Crippen LogP contribution >= 0.6 is 35.3 Å². The third-order valence-electron chi connectivity index (χ3n) is 5.03. The number of thioether (sulfide) groups is 3. The summed E-state index contributed by atoms with van der Waals surface area (Å²) in [5, 5.41) is 54.9. The minimum atomic E-state index is -0.853. The van der Waals surface area contributed by atoms with Gasteiger partial charge in [0.25, 0.3) is 0 Å². The van der Waals surface area contributed by atoms with E-state index in [1.54, 1.807) is 0 Å². The first-order valence-corrected chi connectivity index (χ1v) is 15.1. The van der Waals surface area contributed by atoms with Crippen molar-refractivity contribution in [1.82, 2.24) is 14.7 Å². The third-order valence-corrected chi connectivity index (χ3v) is 8.37. The second-order valence-electron chi connectivity index (χ2n) is 8.21. The lowest BCUT2D eigenvalue weighted by atomic mass is 10.3. The summed E-state index contributed by atoms with van der Waals surface area (Å²) in [5.74, 6) is 1.43. The van der Waals surface area contributed by atoms with E-state index in [0.29, 0.717) is 34.5 Å². The summed E-state index contributed by atoms with van der Waals surface area (Å²) >= 11 is 3.98. The Morgan fingerprint density at radius 3 is 1.03 bits per heavy atom. The van der Waals surface area contributed by atoms with Crippen LogP contribution in [0.15, 0.2) is 0 Å². The number of amides is 3. The van der Waals surface area contributed by atoms with Crippen LogP contribution < -0.4 is 0 Å². The molecule has 3 unspecified atom stereocenters. The predicted octanol–water partition coefficient (Wildman–Crippen LogP) is -2.21. The van der Waals surface area contributed by atoms with Crippen LogP contribution in [-0.2, 0) is 14.4 Å². The van der Waals surface area contributed by atoms with Gasteiger partial charge in [-0.3, -0.25) is 14.4 Å². The average molecular weight is 574 g/mol. The van der Waals surface area contributed by atoms with Gasteiger partial charge in [-0.2, -0.15) is 35.3 Å². The smallest absolute Gasteiger partial charge is 0.226 e. The van der Waals surface area contributed by atoms with Crippen molar-refractivity contribution in [3.05, 3.63) is 0 Å². The van der Waals surface area contributed by atoms with Gasteiger partial charge in [0, 0.05) is 53.8 Å². The van der Waals surface area contributed by atoms with Crippen molar-refractivity contribution >= 4 is 53.0 Å². The van der Waals surface area contributed by atoms with E-state index in [1.165, 1.54) is 50.0 Å². The standard InChI is InChI=1S/C21H39N3O9S3/c25-7-16(28)10-34-4-1-19(31)22-13-23(20(32)2-5-35-11-17(29)8-26)15-24(14-22)21(33)3-6-36-12-18(30)9-27/h16-18,25-30H,1-15H2. The molecule has 6 N–H and O–H groups in total. The van der Waals surface area contributed by atoms with Crippen molar-refractivity contribution in [1.29, 1.82) is 0 Å². The summed E-state index contributed by atoms with van der Waals surface area (Å²) in [6.07, 6.45) is -2.11. The van der Waals surface area contributed by atoms with Crippen LogP contribution in [0.4, 0.5) is 0 Å². The predicted molar refractivity (Wildman–Crippen MR) is 140 cm³/mol. The topological polar surface area (TPSA) is 182 Å². The molecule has 1 saturated heterocycles. The number of rotatable bonds is 18. The zero-order valence-corrected chi connectivity index (χ0v) is 22.8. The maximum Gasteiger partial charge on any atom is 0.226 e. The van der Waals surface area contributed by atoms with Crippen LogP contribution in [0.2, 0.25) is 0 Å². The minimum absolute atomic E-state index is 0.0484. The van der Waals surface area contributed by atoms with E-state index in [0.717, 1.165) is 0 Å². The van der Waals surface area contributed by atoms with Crippen LogP contribution in [0.1, 0.15) is 19.3 Å². The molecule has 0 aromatic heterocycles. The first-order valence-electron chi connectivity index (χ1n) is 11.6. The fourth-order valence-corrected chi connectivity index (χ4v) is 5.58. The summed E-state index contributed by atoms with van der Waals surface area (Å²) in [4.78, 5) is 42.7. The Labute approximate surface area is 224 Å². The van der Waals surface area contributed by atoms with E-state index in [2.05, 4.69) is 0 Å². The van der Waals surface area contributed by atoms with Crippen LogP contribution in [-0.4, -0.2) is 156 Å². The largest absolute Gasteiger partial charge is 0.394 e. The lowest BCUT2D eigenvalue weighted by Gasteiger charge is -2.42. The first kappa shape index (κ1) is 33.2. The molecule has 1 aliphatic rings. The Morgan fingerprint density at radius 1 is 0.556 bits per heavy atom. The Morgan fingerprint density at radius 2 is 0.806 bits per heavy atom. The number of carbonyl (C=O) groups is 3. The molecule has 36 heavy (non-hydrogen) atoms. The zero-order chi connectivity index (χ0) is 26.9. The van der Waals surface area contributed by atoms with Crippen molar-refractivity contribution in [2.24, 2.45) is 0 Å². The molecule has 3 atom stereocenters. The van der Waals surface area contributed by atoms with Crippen molar-refractivity contribution in [3.63, 3.8) is 0 Å². The molecule has 12 nitrogen and oxygen atoms in total. The summed E-state index contributed by atoms with van der Waals surface area (Å²) < 4.78 is 0. The Kier molecular flexibility index (Phi) is 17.8. The zero-order valence-electron chi connectivity index (χ0n) is 20.3. The molecular formula is C21H39N3O9S3. The Balaban J connectivity index is 2.67. The molecule has 0 aromatic carbocycles. The normalized spacial score (nSPS) is 16.7. The lowest BCUT2D eigenvalue weighted by molar-refractivity contribution is -0.158. The van der Waals surface area contributed by atoms with Gasteiger partial charge in [-0.05, 0) is 0 Å². The van der Waals surface area contributed by atoms with Gasteiger partial charge in [0.2, 0.25) is 17.7 Å². The molecule has 1 aliphatic heterocycles. The highest BCUT2D eigenvalue weighted by Crippen LogP contribution is 2.16. The van der Waals surface area contributed by atoms with Gasteiger partial charge < -0.3 is 45.3 Å². The number of nitrogens with zero attached hydrogens (tertiary/aromatic N) is 3. The number of aliphatic hydroxyl groups is 6. The van der Waals surface area contributed by atoms with E-state index in [-0.39, 0.29) is 76.8 Å². The molecule has 1 fully saturated rings. The molecule has 3 amide bonds. The second kappa shape index (κ2) is 19.3. The number of aliphatic hydroxyl groups excluding tert-OH is 6. The SMILES string of the molecule is O=C(CCSCC(O)CO)N1CN(C(=O)CCSCC(O)CO)CN(C(=O)CCSCC(O)CO)C1. The van der Waals surface area contributed by atoms with Crippen LogP contribution in [0.5, 0.6) is 0 Å². The molecule has 0 radical (unpaired) electrons. The molecule has 210 valence electrons. The van der Waals surface area contributed by atoms with Crippen molar-refractivity contribution in [2.75, 3.05) is 74.3 Å². The van der Waals surface area contributed by atoms with Gasteiger partial charge >= 0.3 is 0 Å². The highest BCUT2D eigenvalue weighted by molar-refractivity contribution is 7.99. The minimum Gasteiger partial charge on any atom is -0.394 e. The van der Waals surface area contributed by atoms with Gasteiger partial charge in [-0.1, -0.05) is 0 Å². The summed E-state index contributed by atoms with van der Waals surface area (Å²) in [6, 6.07) is 0. The van der Waals surface area contributed by atoms with Crippen molar-refractivity contribution in [3.8, 4) is 0 Å². The fourth-order valence-electron chi connectivity index (χ4n) is 2.99. The monoisotopic (exact) mass is 573 g/mol. The number of carbonyl (C=O) groups excluding carboxylic acids is 3. The number of hydrogen-bond acceptors (Lipinski definition) is 12. The molecule has 0 aliphatic carbocycles. The van der Waals surface area contributed by atoms with Gasteiger partial charge in [-0.25, -0.2) is 0 Å². The third kappa shape index (κ3) is 13.7. The summed E-state index contributed by atoms with van der Waals surface area (Å²) in [5.41, 5.74) is 0. The van der Waals surface area contributed by atoms with Crippen LogP contribution in [0, 0.1) is 0 Å². The lowest BCUT2D eigenvalue weighted by Crippen LogP contribution is -2.59. The molecular weight excluding hydrogens is 534 g/mol. The molecule has 1 heterocycles. The van der Waals surface area contributed by atoms with Crippen molar-refractivity contribution < 1.29 is 45.0 Å². The quantitative estimate of drug-likeness (QED) is 0.0974. The van der Waals surface area contributed by atoms with Gasteiger partial charge in [0.1, 0.15) is 0 Å². The average Bonchev–Trinajstić information content (AvgIpc) is 2.89. The highest BCUT2D eigenvalue weighted by Gasteiger charge is 2.31. The maximum absolute atomic E-state index is 12.8. The van der Waals surface area contributed by atoms with E-state index >= 15 is 0 Å². The maximum atomic E-state index is 12.8. The van der Waals surface area contributed by atoms with Crippen LogP contribution in [0.25, 0.3) is 0 Å². The van der Waals surface area contributed by atoms with E-state index in [9.17, 15) is 29.7 Å². The van der Waals surface area contributed by atoms with Gasteiger partial charge in [0.15, 0.2) is 0 Å². The number of hydrogen-bond donors (Lipinski definition) is 6. The Hall–Kier alpha value is -0.780. The van der Waals surface area contributed by atoms with Gasteiger partial charge in [-0.15, -0.1) is 0 Å². The van der Waals surface area contributed by atoms with Crippen LogP contribution in [0.3, 0.4) is 0 Å². The van der Waals surface area contributed by atoms with E-state index in [4.69, 9.17) is 15.3 Å². The summed E-state index contributed by atoms with van der Waals surface area (Å²) in [6.45, 7) is -0.909. The van der Waals surface area contributed by atoms with Gasteiger partial charge in [0.05, 0.1) is 58.1 Å². The van der Waals surface area contributed by atoms with Crippen molar-refractivity contribution in [2.45, 2.75) is 37.6 Å². The van der Waals surface area contributed by atoms with E-state index in [1.807, 2.05) is 0 Å². The first-order chi connectivity index (χ1) is 17.2. The highest BCUT2D eigenvalue weighted by atomic mass is 32.2. The second-order valence-corrected chi connectivity index (χ2v) is 11.7. The molecule has 0 aromatic rings. The molecule has 0 spiro atoms.